The number of hydrogen-bond acceptors (Lipinski definition) is 5. The summed E-state index contributed by atoms with van der Waals surface area (Å²) in [6.45, 7) is 6.38. The summed E-state index contributed by atoms with van der Waals surface area (Å²) in [5.74, 6) is -1.78. The van der Waals surface area contributed by atoms with Gasteiger partial charge in [-0.2, -0.15) is 0 Å². The number of nitrogens with zero attached hydrogens (tertiary/aromatic N) is 3. The summed E-state index contributed by atoms with van der Waals surface area (Å²) in [5, 5.41) is 14.5. The molecule has 0 saturated carbocycles. The van der Waals surface area contributed by atoms with E-state index in [9.17, 15) is 18.4 Å². The maximum Gasteiger partial charge on any atom is 0.251 e. The summed E-state index contributed by atoms with van der Waals surface area (Å²) < 4.78 is 29.2. The van der Waals surface area contributed by atoms with E-state index in [1.54, 1.807) is 24.3 Å². The number of anilines is 1. The molecule has 0 aliphatic rings. The van der Waals surface area contributed by atoms with Crippen molar-refractivity contribution in [1.29, 1.82) is 0 Å². The maximum absolute atomic E-state index is 14.0. The van der Waals surface area contributed by atoms with Crippen molar-refractivity contribution in [2.24, 2.45) is 5.92 Å². The number of carbonyl (C=O) groups excluding carboxylic acids is 2. The Labute approximate surface area is 208 Å². The minimum absolute atomic E-state index is 0.0297. The molecule has 1 aromatic heterocycles. The number of rotatable bonds is 9. The van der Waals surface area contributed by atoms with Crippen LogP contribution in [0.2, 0.25) is 0 Å². The largest absolute Gasteiger partial charge is 0.342 e. The average Bonchev–Trinajstić information content (AvgIpc) is 3.21. The summed E-state index contributed by atoms with van der Waals surface area (Å²) in [6, 6.07) is 10.3. The highest BCUT2D eigenvalue weighted by Crippen LogP contribution is 2.28. The Hall–Kier alpha value is -2.79. The zero-order valence-corrected chi connectivity index (χ0v) is 21.2. The molecule has 7 nitrogen and oxygen atoms in total. The van der Waals surface area contributed by atoms with Crippen molar-refractivity contribution in [3.05, 3.63) is 70.0 Å². The van der Waals surface area contributed by atoms with E-state index in [1.807, 2.05) is 31.4 Å². The average molecular weight is 552 g/mol. The lowest BCUT2D eigenvalue weighted by Gasteiger charge is -2.22. The van der Waals surface area contributed by atoms with Crippen LogP contribution in [0.5, 0.6) is 0 Å². The lowest BCUT2D eigenvalue weighted by Crippen LogP contribution is -2.33. The first-order chi connectivity index (χ1) is 16.2. The van der Waals surface area contributed by atoms with Gasteiger partial charge in [-0.1, -0.05) is 43.8 Å². The van der Waals surface area contributed by atoms with Crippen LogP contribution in [0.1, 0.15) is 43.0 Å². The molecule has 0 saturated heterocycles. The minimum Gasteiger partial charge on any atom is -0.342 e. The Bertz CT molecular complexity index is 1150. The Morgan fingerprint density at radius 3 is 2.47 bits per heavy atom. The molecule has 180 valence electrons. The van der Waals surface area contributed by atoms with Crippen LogP contribution in [0, 0.1) is 17.6 Å². The van der Waals surface area contributed by atoms with Gasteiger partial charge >= 0.3 is 0 Å². The quantitative estimate of drug-likeness (QED) is 0.357. The maximum atomic E-state index is 14.0. The van der Waals surface area contributed by atoms with E-state index in [0.717, 1.165) is 17.8 Å². The third-order valence-electron chi connectivity index (χ3n) is 4.93. The molecule has 1 heterocycles. The van der Waals surface area contributed by atoms with Gasteiger partial charge in [0.2, 0.25) is 5.91 Å². The molecule has 0 unspecified atom stereocenters. The Morgan fingerprint density at radius 2 is 1.85 bits per heavy atom. The molecule has 0 fully saturated rings. The van der Waals surface area contributed by atoms with Gasteiger partial charge in [0.15, 0.2) is 16.8 Å². The van der Waals surface area contributed by atoms with Crippen LogP contribution in [-0.4, -0.2) is 32.3 Å². The summed E-state index contributed by atoms with van der Waals surface area (Å²) in [7, 11) is 0. The zero-order chi connectivity index (χ0) is 24.8. The van der Waals surface area contributed by atoms with Crippen LogP contribution in [0.4, 0.5) is 14.5 Å². The molecule has 0 bridgehead atoms. The molecule has 34 heavy (non-hydrogen) atoms. The van der Waals surface area contributed by atoms with Crippen molar-refractivity contribution in [2.75, 3.05) is 11.1 Å². The second kappa shape index (κ2) is 11.6. The van der Waals surface area contributed by atoms with Crippen LogP contribution in [0.3, 0.4) is 0 Å². The summed E-state index contributed by atoms with van der Waals surface area (Å²) in [5.41, 5.74) is 0.411. The fraction of sp³-hybridized carbons (Fsp3) is 0.304. The highest BCUT2D eigenvalue weighted by atomic mass is 79.9. The van der Waals surface area contributed by atoms with Crippen molar-refractivity contribution in [1.82, 2.24) is 20.1 Å². The molecule has 0 aliphatic carbocycles. The van der Waals surface area contributed by atoms with E-state index in [1.165, 1.54) is 0 Å². The van der Waals surface area contributed by atoms with Crippen LogP contribution in [-0.2, 0) is 11.3 Å². The van der Waals surface area contributed by atoms with Crippen LogP contribution in [0.25, 0.3) is 0 Å². The fourth-order valence-electron chi connectivity index (χ4n) is 3.24. The lowest BCUT2D eigenvalue weighted by atomic mass is 10.0. The molecule has 11 heteroatoms. The van der Waals surface area contributed by atoms with Gasteiger partial charge in [0.1, 0.15) is 5.82 Å². The smallest absolute Gasteiger partial charge is 0.251 e. The van der Waals surface area contributed by atoms with Gasteiger partial charge in [0.05, 0.1) is 17.5 Å². The number of carbonyl (C=O) groups is 2. The lowest BCUT2D eigenvalue weighted by molar-refractivity contribution is -0.113. The van der Waals surface area contributed by atoms with Crippen LogP contribution in [0.15, 0.2) is 52.1 Å². The molecule has 2 amide bonds. The molecular formula is C23H24BrF2N5O2S. The second-order valence-corrected chi connectivity index (χ2v) is 9.52. The molecule has 1 atom stereocenters. The predicted octanol–water partition coefficient (Wildman–Crippen LogP) is 5.20. The SMILES string of the molecule is CCn1c(SCC(=O)Nc2c(F)cc(F)cc2Br)nnc1[C@@H](NC(=O)c1ccccc1)C(C)C. The normalized spacial score (nSPS) is 12.0. The van der Waals surface area contributed by atoms with E-state index in [4.69, 9.17) is 0 Å². The molecule has 2 N–H and O–H groups in total. The molecular weight excluding hydrogens is 528 g/mol. The van der Waals surface area contributed by atoms with Crippen molar-refractivity contribution < 1.29 is 18.4 Å². The molecule has 0 spiro atoms. The summed E-state index contributed by atoms with van der Waals surface area (Å²) >= 11 is 4.18. The molecule has 0 radical (unpaired) electrons. The molecule has 3 aromatic rings. The Morgan fingerprint density at radius 1 is 1.15 bits per heavy atom. The van der Waals surface area contributed by atoms with Gasteiger partial charge in [-0.25, -0.2) is 8.78 Å². The van der Waals surface area contributed by atoms with E-state index < -0.39 is 23.6 Å². The number of aromatic nitrogens is 3. The van der Waals surface area contributed by atoms with Crippen molar-refractivity contribution in [2.45, 2.75) is 38.5 Å². The van der Waals surface area contributed by atoms with Gasteiger partial charge < -0.3 is 15.2 Å². The number of hydrogen-bond donors (Lipinski definition) is 2. The first kappa shape index (κ1) is 25.8. The van der Waals surface area contributed by atoms with Crippen molar-refractivity contribution in [3.8, 4) is 0 Å². The topological polar surface area (TPSA) is 88.9 Å². The second-order valence-electron chi connectivity index (χ2n) is 7.73. The van der Waals surface area contributed by atoms with Gasteiger partial charge in [-0.3, -0.25) is 9.59 Å². The third kappa shape index (κ3) is 6.20. The first-order valence-corrected chi connectivity index (χ1v) is 12.3. The fourth-order valence-corrected chi connectivity index (χ4v) is 4.56. The molecule has 3 rings (SSSR count). The first-order valence-electron chi connectivity index (χ1n) is 10.6. The van der Waals surface area contributed by atoms with Gasteiger partial charge in [0.25, 0.3) is 5.91 Å². The van der Waals surface area contributed by atoms with E-state index in [2.05, 4.69) is 36.8 Å². The summed E-state index contributed by atoms with van der Waals surface area (Å²) in [4.78, 5) is 25.1. The van der Waals surface area contributed by atoms with E-state index in [-0.39, 0.29) is 27.7 Å². The Kier molecular flexibility index (Phi) is 8.78. The number of benzene rings is 2. The number of halogens is 3. The molecule has 0 aliphatic heterocycles. The van der Waals surface area contributed by atoms with E-state index in [0.29, 0.717) is 29.2 Å². The molecule has 2 aromatic carbocycles. The highest BCUT2D eigenvalue weighted by Gasteiger charge is 2.26. The van der Waals surface area contributed by atoms with Crippen LogP contribution >= 0.6 is 27.7 Å². The van der Waals surface area contributed by atoms with Crippen LogP contribution < -0.4 is 10.6 Å². The van der Waals surface area contributed by atoms with Crippen molar-refractivity contribution >= 4 is 45.2 Å². The number of amides is 2. The van der Waals surface area contributed by atoms with Gasteiger partial charge in [-0.15, -0.1) is 10.2 Å². The monoisotopic (exact) mass is 551 g/mol. The Balaban J connectivity index is 1.72. The van der Waals surface area contributed by atoms with Gasteiger partial charge in [-0.05, 0) is 47.0 Å². The summed E-state index contributed by atoms with van der Waals surface area (Å²) in [6.07, 6.45) is 0. The third-order valence-corrected chi connectivity index (χ3v) is 6.52. The number of nitrogens with one attached hydrogen (secondary N) is 2. The highest BCUT2D eigenvalue weighted by molar-refractivity contribution is 9.10. The predicted molar refractivity (Wildman–Crippen MR) is 131 cm³/mol. The zero-order valence-electron chi connectivity index (χ0n) is 18.8. The van der Waals surface area contributed by atoms with E-state index >= 15 is 0 Å². The minimum atomic E-state index is -0.877. The number of thioether (sulfide) groups is 1. The standard InChI is InChI=1S/C23H24BrF2N5O2S/c1-4-31-21(19(13(2)3)28-22(33)14-8-6-5-7-9-14)29-30-23(31)34-12-18(32)27-20-16(24)10-15(25)11-17(20)26/h5-11,13,19H,4,12H2,1-3H3,(H,27,32)(H,28,33)/t19-/m0/s1. The van der Waals surface area contributed by atoms with Gasteiger partial charge in [0, 0.05) is 22.6 Å². The van der Waals surface area contributed by atoms with Crippen molar-refractivity contribution in [3.63, 3.8) is 0 Å².